The van der Waals surface area contributed by atoms with Crippen LogP contribution in [-0.2, 0) is 0 Å². The summed E-state index contributed by atoms with van der Waals surface area (Å²) in [6.07, 6.45) is 1.35. The quantitative estimate of drug-likeness (QED) is 0.864. The standard InChI is InChI=1S/C14H20ClNO2/c1-4-11(5-6-17)16-14(18)12-7-9(2)10(3)8-13(12)15/h7-8,11,17H,4-6H2,1-3H3,(H,16,18). The normalized spacial score (nSPS) is 12.3. The molecule has 0 aliphatic rings. The van der Waals surface area contributed by atoms with E-state index in [9.17, 15) is 4.79 Å². The van der Waals surface area contributed by atoms with Crippen LogP contribution in [-0.4, -0.2) is 23.7 Å². The van der Waals surface area contributed by atoms with Gasteiger partial charge in [-0.1, -0.05) is 18.5 Å². The minimum absolute atomic E-state index is 0.0137. The molecule has 1 aromatic rings. The van der Waals surface area contributed by atoms with Crippen LogP contribution in [0.4, 0.5) is 0 Å². The van der Waals surface area contributed by atoms with E-state index in [1.807, 2.05) is 20.8 Å². The number of benzene rings is 1. The first-order valence-electron chi connectivity index (χ1n) is 6.18. The molecular weight excluding hydrogens is 250 g/mol. The Morgan fingerprint density at radius 3 is 2.56 bits per heavy atom. The summed E-state index contributed by atoms with van der Waals surface area (Å²) in [4.78, 5) is 12.1. The number of hydrogen-bond acceptors (Lipinski definition) is 2. The Morgan fingerprint density at radius 1 is 1.39 bits per heavy atom. The molecule has 0 saturated heterocycles. The summed E-state index contributed by atoms with van der Waals surface area (Å²) in [5, 5.41) is 12.3. The van der Waals surface area contributed by atoms with E-state index in [1.165, 1.54) is 0 Å². The highest BCUT2D eigenvalue weighted by atomic mass is 35.5. The fraction of sp³-hybridized carbons (Fsp3) is 0.500. The number of hydrogen-bond donors (Lipinski definition) is 2. The molecule has 18 heavy (non-hydrogen) atoms. The highest BCUT2D eigenvalue weighted by molar-refractivity contribution is 6.34. The van der Waals surface area contributed by atoms with E-state index >= 15 is 0 Å². The van der Waals surface area contributed by atoms with Crippen LogP contribution in [0.5, 0.6) is 0 Å². The second kappa shape index (κ2) is 6.76. The van der Waals surface area contributed by atoms with E-state index in [0.717, 1.165) is 17.5 Å². The first-order chi connectivity index (χ1) is 8.49. The van der Waals surface area contributed by atoms with Gasteiger partial charge in [-0.3, -0.25) is 4.79 Å². The van der Waals surface area contributed by atoms with Crippen molar-refractivity contribution in [1.82, 2.24) is 5.32 Å². The molecule has 1 atom stereocenters. The molecule has 0 heterocycles. The highest BCUT2D eigenvalue weighted by Crippen LogP contribution is 2.21. The SMILES string of the molecule is CCC(CCO)NC(=O)c1cc(C)c(C)cc1Cl. The Hall–Kier alpha value is -1.06. The summed E-state index contributed by atoms with van der Waals surface area (Å²) in [5.74, 6) is -0.177. The zero-order valence-electron chi connectivity index (χ0n) is 11.1. The molecule has 2 N–H and O–H groups in total. The third kappa shape index (κ3) is 3.72. The van der Waals surface area contributed by atoms with Crippen LogP contribution in [0.2, 0.25) is 5.02 Å². The smallest absolute Gasteiger partial charge is 0.253 e. The summed E-state index contributed by atoms with van der Waals surface area (Å²) < 4.78 is 0. The number of aryl methyl sites for hydroxylation is 2. The van der Waals surface area contributed by atoms with Gasteiger partial charge in [-0.25, -0.2) is 0 Å². The molecule has 1 aromatic carbocycles. The predicted octanol–water partition coefficient (Wildman–Crippen LogP) is 2.85. The zero-order chi connectivity index (χ0) is 13.7. The summed E-state index contributed by atoms with van der Waals surface area (Å²) in [6.45, 7) is 5.96. The van der Waals surface area contributed by atoms with Crippen LogP contribution in [0.3, 0.4) is 0 Å². The van der Waals surface area contributed by atoms with E-state index in [0.29, 0.717) is 17.0 Å². The van der Waals surface area contributed by atoms with Crippen LogP contribution < -0.4 is 5.32 Å². The van der Waals surface area contributed by atoms with E-state index < -0.39 is 0 Å². The highest BCUT2D eigenvalue weighted by Gasteiger charge is 2.15. The van der Waals surface area contributed by atoms with Crippen molar-refractivity contribution in [2.45, 2.75) is 39.7 Å². The largest absolute Gasteiger partial charge is 0.396 e. The average molecular weight is 270 g/mol. The molecule has 3 nitrogen and oxygen atoms in total. The van der Waals surface area contributed by atoms with Gasteiger partial charge in [0, 0.05) is 12.6 Å². The number of halogens is 1. The topological polar surface area (TPSA) is 49.3 Å². The molecule has 0 bridgehead atoms. The van der Waals surface area contributed by atoms with Crippen molar-refractivity contribution in [2.75, 3.05) is 6.61 Å². The molecule has 4 heteroatoms. The Kier molecular flexibility index (Phi) is 5.63. The van der Waals surface area contributed by atoms with Gasteiger partial charge in [-0.05, 0) is 49.9 Å². The maximum Gasteiger partial charge on any atom is 0.253 e. The van der Waals surface area contributed by atoms with Crippen LogP contribution >= 0.6 is 11.6 Å². The van der Waals surface area contributed by atoms with Gasteiger partial charge in [0.2, 0.25) is 0 Å². The third-order valence-electron chi connectivity index (χ3n) is 3.13. The van der Waals surface area contributed by atoms with Crippen molar-refractivity contribution in [3.63, 3.8) is 0 Å². The van der Waals surface area contributed by atoms with Gasteiger partial charge in [0.25, 0.3) is 5.91 Å². The molecule has 0 radical (unpaired) electrons. The van der Waals surface area contributed by atoms with Gasteiger partial charge in [0.05, 0.1) is 10.6 Å². The summed E-state index contributed by atoms with van der Waals surface area (Å²) in [5.41, 5.74) is 2.61. The molecule has 0 fully saturated rings. The maximum absolute atomic E-state index is 12.1. The lowest BCUT2D eigenvalue weighted by Gasteiger charge is -2.16. The molecule has 0 aromatic heterocycles. The lowest BCUT2D eigenvalue weighted by molar-refractivity contribution is 0.0929. The fourth-order valence-corrected chi connectivity index (χ4v) is 2.06. The van der Waals surface area contributed by atoms with E-state index in [4.69, 9.17) is 16.7 Å². The van der Waals surface area contributed by atoms with Gasteiger partial charge in [0.15, 0.2) is 0 Å². The molecule has 100 valence electrons. The number of aliphatic hydroxyl groups excluding tert-OH is 1. The summed E-state index contributed by atoms with van der Waals surface area (Å²) in [6, 6.07) is 3.59. The molecule has 0 spiro atoms. The molecule has 0 aliphatic carbocycles. The van der Waals surface area contributed by atoms with Gasteiger partial charge < -0.3 is 10.4 Å². The van der Waals surface area contributed by atoms with Gasteiger partial charge in [-0.15, -0.1) is 0 Å². The van der Waals surface area contributed by atoms with E-state index in [2.05, 4.69) is 5.32 Å². The van der Waals surface area contributed by atoms with Crippen LogP contribution in [0.25, 0.3) is 0 Å². The van der Waals surface area contributed by atoms with E-state index in [-0.39, 0.29) is 18.6 Å². The van der Waals surface area contributed by atoms with Crippen molar-refractivity contribution < 1.29 is 9.90 Å². The zero-order valence-corrected chi connectivity index (χ0v) is 11.8. The van der Waals surface area contributed by atoms with Crippen molar-refractivity contribution in [3.8, 4) is 0 Å². The van der Waals surface area contributed by atoms with Crippen molar-refractivity contribution in [2.24, 2.45) is 0 Å². The average Bonchev–Trinajstić information content (AvgIpc) is 2.33. The first-order valence-corrected chi connectivity index (χ1v) is 6.55. The van der Waals surface area contributed by atoms with Crippen LogP contribution in [0.15, 0.2) is 12.1 Å². The third-order valence-corrected chi connectivity index (χ3v) is 3.45. The van der Waals surface area contributed by atoms with Gasteiger partial charge >= 0.3 is 0 Å². The lowest BCUT2D eigenvalue weighted by Crippen LogP contribution is -2.35. The van der Waals surface area contributed by atoms with Crippen LogP contribution in [0.1, 0.15) is 41.3 Å². The Labute approximate surface area is 113 Å². The maximum atomic E-state index is 12.1. The van der Waals surface area contributed by atoms with Crippen LogP contribution in [0, 0.1) is 13.8 Å². The molecule has 0 aliphatic heterocycles. The minimum Gasteiger partial charge on any atom is -0.396 e. The lowest BCUT2D eigenvalue weighted by atomic mass is 10.0. The number of aliphatic hydroxyl groups is 1. The monoisotopic (exact) mass is 269 g/mol. The molecular formula is C14H20ClNO2. The second-order valence-corrected chi connectivity index (χ2v) is 4.91. The van der Waals surface area contributed by atoms with Crippen molar-refractivity contribution >= 4 is 17.5 Å². The molecule has 0 saturated carbocycles. The first kappa shape index (κ1) is 15.0. The Bertz CT molecular complexity index is 432. The summed E-state index contributed by atoms with van der Waals surface area (Å²) >= 11 is 6.09. The number of carbonyl (C=O) groups is 1. The number of rotatable bonds is 5. The Balaban J connectivity index is 2.87. The van der Waals surface area contributed by atoms with Gasteiger partial charge in [0.1, 0.15) is 0 Å². The second-order valence-electron chi connectivity index (χ2n) is 4.51. The Morgan fingerprint density at radius 2 is 2.00 bits per heavy atom. The number of carbonyl (C=O) groups excluding carboxylic acids is 1. The van der Waals surface area contributed by atoms with E-state index in [1.54, 1.807) is 12.1 Å². The molecule has 1 unspecified atom stereocenters. The molecule has 1 rings (SSSR count). The summed E-state index contributed by atoms with van der Waals surface area (Å²) in [7, 11) is 0. The van der Waals surface area contributed by atoms with Gasteiger partial charge in [-0.2, -0.15) is 0 Å². The number of amides is 1. The van der Waals surface area contributed by atoms with Crippen molar-refractivity contribution in [1.29, 1.82) is 0 Å². The predicted molar refractivity (Wildman–Crippen MR) is 74.2 cm³/mol. The fourth-order valence-electron chi connectivity index (χ4n) is 1.75. The molecule has 1 amide bonds. The van der Waals surface area contributed by atoms with Crippen molar-refractivity contribution in [3.05, 3.63) is 33.8 Å². The minimum atomic E-state index is -0.177. The number of nitrogens with one attached hydrogen (secondary N) is 1.